The average molecular weight is 307 g/mol. The Hall–Kier alpha value is -1.36. The molecule has 0 atom stereocenters. The van der Waals surface area contributed by atoms with E-state index in [2.05, 4.69) is 31.2 Å². The molecule has 0 bridgehead atoms. The summed E-state index contributed by atoms with van der Waals surface area (Å²) in [5.41, 5.74) is 1.02. The number of carbonyl (C=O) groups excluding carboxylic acids is 1. The number of amides is 1. The predicted molar refractivity (Wildman–Crippen MR) is 87.7 cm³/mol. The van der Waals surface area contributed by atoms with Gasteiger partial charge in [0.05, 0.1) is 29.6 Å². The lowest BCUT2D eigenvalue weighted by Gasteiger charge is -2.31. The van der Waals surface area contributed by atoms with Crippen LogP contribution in [0.3, 0.4) is 0 Å². The van der Waals surface area contributed by atoms with Crippen LogP contribution in [0.25, 0.3) is 0 Å². The highest BCUT2D eigenvalue weighted by Gasteiger charge is 2.32. The second-order valence-corrected chi connectivity index (χ2v) is 6.94. The van der Waals surface area contributed by atoms with Crippen molar-refractivity contribution in [2.75, 3.05) is 5.32 Å². The van der Waals surface area contributed by atoms with Crippen LogP contribution in [0.2, 0.25) is 0 Å². The van der Waals surface area contributed by atoms with Crippen molar-refractivity contribution in [1.29, 1.82) is 0 Å². The normalized spacial score (nSPS) is 17.7. The Morgan fingerprint density at radius 2 is 2.09 bits per heavy atom. The van der Waals surface area contributed by atoms with Gasteiger partial charge in [-0.15, -0.1) is 0 Å². The van der Waals surface area contributed by atoms with E-state index < -0.39 is 5.60 Å². The quantitative estimate of drug-likeness (QED) is 0.848. The van der Waals surface area contributed by atoms with Gasteiger partial charge in [-0.05, 0) is 25.2 Å². The monoisotopic (exact) mass is 307 g/mol. The fraction of sp³-hybridized carbons (Fsp3) is 0.765. The number of carbonyl (C=O) groups is 1. The molecule has 1 heterocycles. The van der Waals surface area contributed by atoms with Gasteiger partial charge in [0.2, 0.25) is 5.91 Å². The molecule has 1 fully saturated rings. The second kappa shape index (κ2) is 7.27. The molecule has 1 aromatic heterocycles. The summed E-state index contributed by atoms with van der Waals surface area (Å²) in [6, 6.07) is 0. The molecule has 0 saturated heterocycles. The smallest absolute Gasteiger partial charge is 0.227 e. The first-order chi connectivity index (χ1) is 10.4. The van der Waals surface area contributed by atoms with Gasteiger partial charge in [-0.2, -0.15) is 5.10 Å². The van der Waals surface area contributed by atoms with Crippen LogP contribution in [0, 0.1) is 5.92 Å². The Morgan fingerprint density at radius 1 is 1.41 bits per heavy atom. The number of aliphatic hydroxyl groups is 1. The van der Waals surface area contributed by atoms with E-state index >= 15 is 0 Å². The van der Waals surface area contributed by atoms with Crippen LogP contribution in [0.15, 0.2) is 6.20 Å². The highest BCUT2D eigenvalue weighted by molar-refractivity contribution is 5.91. The molecule has 0 aromatic carbocycles. The molecule has 2 N–H and O–H groups in total. The number of nitrogens with one attached hydrogen (secondary N) is 1. The molecule has 2 rings (SSSR count). The lowest BCUT2D eigenvalue weighted by molar-refractivity contribution is -0.122. The SMILES string of the molecule is CCc1c(NC(=O)CC2(O)CCCCC2)cnn1CC(C)C. The van der Waals surface area contributed by atoms with Gasteiger partial charge in [0.15, 0.2) is 0 Å². The van der Waals surface area contributed by atoms with Gasteiger partial charge < -0.3 is 10.4 Å². The van der Waals surface area contributed by atoms with Gasteiger partial charge in [0.25, 0.3) is 0 Å². The van der Waals surface area contributed by atoms with Crippen LogP contribution in [0.1, 0.15) is 65.0 Å². The summed E-state index contributed by atoms with van der Waals surface area (Å²) in [5.74, 6) is 0.403. The third-order valence-corrected chi connectivity index (χ3v) is 4.37. The molecule has 5 nitrogen and oxygen atoms in total. The summed E-state index contributed by atoms with van der Waals surface area (Å²) >= 11 is 0. The van der Waals surface area contributed by atoms with E-state index in [9.17, 15) is 9.90 Å². The molecule has 1 aliphatic rings. The first-order valence-electron chi connectivity index (χ1n) is 8.50. The maximum atomic E-state index is 12.3. The van der Waals surface area contributed by atoms with Gasteiger partial charge in [-0.1, -0.05) is 40.0 Å². The maximum Gasteiger partial charge on any atom is 0.227 e. The summed E-state index contributed by atoms with van der Waals surface area (Å²) < 4.78 is 1.97. The highest BCUT2D eigenvalue weighted by atomic mass is 16.3. The molecule has 0 aliphatic heterocycles. The van der Waals surface area contributed by atoms with Crippen LogP contribution in [-0.4, -0.2) is 26.4 Å². The Kier molecular flexibility index (Phi) is 5.62. The number of anilines is 1. The van der Waals surface area contributed by atoms with Gasteiger partial charge >= 0.3 is 0 Å². The topological polar surface area (TPSA) is 67.2 Å². The minimum Gasteiger partial charge on any atom is -0.389 e. The minimum absolute atomic E-state index is 0.108. The summed E-state index contributed by atoms with van der Waals surface area (Å²) in [6.07, 6.45) is 7.38. The standard InChI is InChI=1S/C17H29N3O2/c1-4-15-14(11-18-20(15)12-13(2)3)19-16(21)10-17(22)8-6-5-7-9-17/h11,13,22H,4-10,12H2,1-3H3,(H,19,21). The number of aromatic nitrogens is 2. The molecule has 1 aromatic rings. The Labute approximate surface area is 133 Å². The summed E-state index contributed by atoms with van der Waals surface area (Å²) in [6.45, 7) is 7.22. The Morgan fingerprint density at radius 3 is 2.68 bits per heavy atom. The number of nitrogens with zero attached hydrogens (tertiary/aromatic N) is 2. The van der Waals surface area contributed by atoms with Crippen LogP contribution in [-0.2, 0) is 17.8 Å². The maximum absolute atomic E-state index is 12.3. The van der Waals surface area contributed by atoms with Crippen molar-refractivity contribution in [3.8, 4) is 0 Å². The lowest BCUT2D eigenvalue weighted by atomic mass is 9.82. The number of hydrogen-bond acceptors (Lipinski definition) is 3. The van der Waals surface area contributed by atoms with Crippen molar-refractivity contribution in [2.24, 2.45) is 5.92 Å². The van der Waals surface area contributed by atoms with E-state index in [1.54, 1.807) is 6.20 Å². The van der Waals surface area contributed by atoms with Crippen molar-refractivity contribution in [2.45, 2.75) is 77.9 Å². The van der Waals surface area contributed by atoms with Crippen LogP contribution in [0.5, 0.6) is 0 Å². The van der Waals surface area contributed by atoms with E-state index in [4.69, 9.17) is 0 Å². The fourth-order valence-electron chi connectivity index (χ4n) is 3.27. The molecule has 0 radical (unpaired) electrons. The fourth-order valence-corrected chi connectivity index (χ4v) is 3.27. The average Bonchev–Trinajstić information content (AvgIpc) is 2.79. The molecule has 1 aliphatic carbocycles. The van der Waals surface area contributed by atoms with E-state index in [0.717, 1.165) is 56.5 Å². The zero-order valence-electron chi connectivity index (χ0n) is 14.1. The third kappa shape index (κ3) is 4.32. The molecule has 1 saturated carbocycles. The summed E-state index contributed by atoms with van der Waals surface area (Å²) in [7, 11) is 0. The summed E-state index contributed by atoms with van der Waals surface area (Å²) in [5, 5.41) is 17.8. The zero-order valence-corrected chi connectivity index (χ0v) is 14.1. The first-order valence-corrected chi connectivity index (χ1v) is 8.50. The molecular weight excluding hydrogens is 278 g/mol. The first kappa shape index (κ1) is 17.0. The molecule has 5 heteroatoms. The van der Waals surface area contributed by atoms with Crippen LogP contribution in [0.4, 0.5) is 5.69 Å². The van der Waals surface area contributed by atoms with E-state index in [1.807, 2.05) is 4.68 Å². The lowest BCUT2D eigenvalue weighted by Crippen LogP contribution is -2.36. The Balaban J connectivity index is 2.00. The van der Waals surface area contributed by atoms with Crippen LogP contribution < -0.4 is 5.32 Å². The number of rotatable bonds is 6. The van der Waals surface area contributed by atoms with Gasteiger partial charge in [-0.25, -0.2) is 0 Å². The van der Waals surface area contributed by atoms with Gasteiger partial charge in [-0.3, -0.25) is 9.48 Å². The molecule has 124 valence electrons. The zero-order chi connectivity index (χ0) is 16.2. The van der Waals surface area contributed by atoms with Crippen molar-refractivity contribution < 1.29 is 9.90 Å². The number of hydrogen-bond donors (Lipinski definition) is 2. The molecular formula is C17H29N3O2. The van der Waals surface area contributed by atoms with Crippen molar-refractivity contribution in [1.82, 2.24) is 9.78 Å². The van der Waals surface area contributed by atoms with Gasteiger partial charge in [0, 0.05) is 6.54 Å². The largest absolute Gasteiger partial charge is 0.389 e. The van der Waals surface area contributed by atoms with E-state index in [0.29, 0.717) is 5.92 Å². The minimum atomic E-state index is -0.817. The predicted octanol–water partition coefficient (Wildman–Crippen LogP) is 3.13. The van der Waals surface area contributed by atoms with Crippen LogP contribution >= 0.6 is 0 Å². The van der Waals surface area contributed by atoms with Gasteiger partial charge in [0.1, 0.15) is 0 Å². The second-order valence-electron chi connectivity index (χ2n) is 6.94. The van der Waals surface area contributed by atoms with Crippen molar-refractivity contribution in [3.63, 3.8) is 0 Å². The van der Waals surface area contributed by atoms with Crippen molar-refractivity contribution in [3.05, 3.63) is 11.9 Å². The van der Waals surface area contributed by atoms with E-state index in [1.165, 1.54) is 0 Å². The summed E-state index contributed by atoms with van der Waals surface area (Å²) in [4.78, 5) is 12.3. The van der Waals surface area contributed by atoms with E-state index in [-0.39, 0.29) is 12.3 Å². The third-order valence-electron chi connectivity index (χ3n) is 4.37. The molecule has 1 amide bonds. The molecule has 22 heavy (non-hydrogen) atoms. The molecule has 0 spiro atoms. The Bertz CT molecular complexity index is 502. The van der Waals surface area contributed by atoms with Crippen molar-refractivity contribution >= 4 is 11.6 Å². The molecule has 0 unspecified atom stereocenters. The highest BCUT2D eigenvalue weighted by Crippen LogP contribution is 2.31.